The van der Waals surface area contributed by atoms with E-state index in [1.54, 1.807) is 0 Å². The second-order valence-electron chi connectivity index (χ2n) is 1.62. The van der Waals surface area contributed by atoms with Crippen molar-refractivity contribution in [1.29, 1.82) is 0 Å². The van der Waals surface area contributed by atoms with E-state index >= 15 is 0 Å². The van der Waals surface area contributed by atoms with Gasteiger partial charge in [-0.2, -0.15) is 0 Å². The summed E-state index contributed by atoms with van der Waals surface area (Å²) in [4.78, 5) is 20.5. The van der Waals surface area contributed by atoms with Crippen LogP contribution in [-0.4, -0.2) is 18.2 Å². The molecule has 3 nitrogen and oxygen atoms in total. The van der Waals surface area contributed by atoms with Crippen LogP contribution in [0.25, 0.3) is 0 Å². The third-order valence-corrected chi connectivity index (χ3v) is 0.697. The number of rotatable bonds is 3. The van der Waals surface area contributed by atoms with Crippen LogP contribution >= 0.6 is 0 Å². The summed E-state index contributed by atoms with van der Waals surface area (Å²) < 4.78 is 0. The highest BCUT2D eigenvalue weighted by Gasteiger charge is 1.93. The molecule has 1 amide bonds. The fraction of sp³-hybridized carbons (Fsp3) is 0.500. The molecule has 0 rings (SSSR count). The number of ketones is 1. The van der Waals surface area contributed by atoms with E-state index in [4.69, 9.17) is 0 Å². The lowest BCUT2D eigenvalue weighted by Gasteiger charge is -1.94. The summed E-state index contributed by atoms with van der Waals surface area (Å²) in [6.07, 6.45) is 1.13. The SMILES string of the molecule is C=CC(=O)NCC(C)=O.CC. The minimum atomic E-state index is -0.315. The number of hydrogen-bond acceptors (Lipinski definition) is 2. The third-order valence-electron chi connectivity index (χ3n) is 0.697. The van der Waals surface area contributed by atoms with Gasteiger partial charge < -0.3 is 5.32 Å². The Morgan fingerprint density at radius 2 is 1.91 bits per heavy atom. The van der Waals surface area contributed by atoms with E-state index in [1.165, 1.54) is 6.92 Å². The summed E-state index contributed by atoms with van der Waals surface area (Å²) in [5.74, 6) is -0.379. The zero-order valence-electron chi connectivity index (χ0n) is 7.31. The maximum atomic E-state index is 10.3. The van der Waals surface area contributed by atoms with Crippen molar-refractivity contribution in [3.8, 4) is 0 Å². The fourth-order valence-corrected chi connectivity index (χ4v) is 0.284. The topological polar surface area (TPSA) is 46.2 Å². The van der Waals surface area contributed by atoms with Gasteiger partial charge in [-0.05, 0) is 13.0 Å². The van der Waals surface area contributed by atoms with Gasteiger partial charge in [-0.15, -0.1) is 0 Å². The van der Waals surface area contributed by atoms with Crippen molar-refractivity contribution in [2.24, 2.45) is 0 Å². The monoisotopic (exact) mass is 157 g/mol. The summed E-state index contributed by atoms with van der Waals surface area (Å²) in [5.41, 5.74) is 0. The van der Waals surface area contributed by atoms with Gasteiger partial charge >= 0.3 is 0 Å². The predicted molar refractivity (Wildman–Crippen MR) is 45.2 cm³/mol. The minimum Gasteiger partial charge on any atom is -0.346 e. The Labute approximate surface area is 67.5 Å². The van der Waals surface area contributed by atoms with Gasteiger partial charge in [-0.25, -0.2) is 0 Å². The second kappa shape index (κ2) is 8.88. The maximum absolute atomic E-state index is 10.3. The van der Waals surface area contributed by atoms with Gasteiger partial charge in [0.1, 0.15) is 5.78 Å². The maximum Gasteiger partial charge on any atom is 0.243 e. The fourth-order valence-electron chi connectivity index (χ4n) is 0.284. The molecule has 64 valence electrons. The molecular formula is C8H15NO2. The molecule has 0 atom stereocenters. The number of amides is 1. The first kappa shape index (κ1) is 12.5. The average molecular weight is 157 g/mol. The van der Waals surface area contributed by atoms with Crippen LogP contribution in [0.3, 0.4) is 0 Å². The zero-order chi connectivity index (χ0) is 9.28. The summed E-state index contributed by atoms with van der Waals surface area (Å²) in [7, 11) is 0. The molecule has 0 bridgehead atoms. The molecule has 0 fully saturated rings. The first-order valence-corrected chi connectivity index (χ1v) is 3.56. The Kier molecular flexibility index (Phi) is 10.1. The lowest BCUT2D eigenvalue weighted by molar-refractivity contribution is -0.121. The quantitative estimate of drug-likeness (QED) is 0.619. The predicted octanol–water partition coefficient (Wildman–Crippen LogP) is 0.904. The molecule has 3 heteroatoms. The standard InChI is InChI=1S/C6H9NO2.C2H6/c1-3-6(9)7-4-5(2)8;1-2/h3H,1,4H2,2H3,(H,7,9);1-2H3. The highest BCUT2D eigenvalue weighted by Crippen LogP contribution is 1.67. The van der Waals surface area contributed by atoms with E-state index in [1.807, 2.05) is 13.8 Å². The Balaban J connectivity index is 0. The molecule has 0 radical (unpaired) electrons. The highest BCUT2D eigenvalue weighted by atomic mass is 16.2. The van der Waals surface area contributed by atoms with Gasteiger partial charge in [0.2, 0.25) is 5.91 Å². The Morgan fingerprint density at radius 3 is 2.18 bits per heavy atom. The molecule has 0 heterocycles. The molecular weight excluding hydrogens is 142 g/mol. The van der Waals surface area contributed by atoms with E-state index < -0.39 is 0 Å². The Morgan fingerprint density at radius 1 is 1.45 bits per heavy atom. The Hall–Kier alpha value is -1.12. The van der Waals surface area contributed by atoms with E-state index in [0.29, 0.717) is 0 Å². The van der Waals surface area contributed by atoms with Crippen molar-refractivity contribution in [1.82, 2.24) is 5.32 Å². The largest absolute Gasteiger partial charge is 0.346 e. The molecule has 0 unspecified atom stereocenters. The number of hydrogen-bond donors (Lipinski definition) is 1. The van der Waals surface area contributed by atoms with E-state index in [-0.39, 0.29) is 18.2 Å². The highest BCUT2D eigenvalue weighted by molar-refractivity contribution is 5.90. The van der Waals surface area contributed by atoms with Gasteiger partial charge in [0.25, 0.3) is 0 Å². The molecule has 0 aliphatic carbocycles. The van der Waals surface area contributed by atoms with Crippen LogP contribution in [0.5, 0.6) is 0 Å². The average Bonchev–Trinajstić information content (AvgIpc) is 2.04. The lowest BCUT2D eigenvalue weighted by atomic mass is 10.4. The third kappa shape index (κ3) is 12.2. The van der Waals surface area contributed by atoms with Crippen LogP contribution in [-0.2, 0) is 9.59 Å². The molecule has 11 heavy (non-hydrogen) atoms. The molecule has 0 aromatic rings. The van der Waals surface area contributed by atoms with Crippen LogP contribution in [0.2, 0.25) is 0 Å². The van der Waals surface area contributed by atoms with Crippen LogP contribution in [0.4, 0.5) is 0 Å². The van der Waals surface area contributed by atoms with E-state index in [2.05, 4.69) is 11.9 Å². The molecule has 0 aliphatic rings. The lowest BCUT2D eigenvalue weighted by Crippen LogP contribution is -2.26. The molecule has 0 saturated heterocycles. The zero-order valence-corrected chi connectivity index (χ0v) is 7.31. The number of carbonyl (C=O) groups is 2. The molecule has 0 aromatic carbocycles. The summed E-state index contributed by atoms with van der Waals surface area (Å²) in [6.45, 7) is 8.71. The first-order valence-electron chi connectivity index (χ1n) is 3.56. The molecule has 0 aromatic heterocycles. The van der Waals surface area contributed by atoms with Crippen LogP contribution in [0.1, 0.15) is 20.8 Å². The number of carbonyl (C=O) groups excluding carboxylic acids is 2. The number of Topliss-reactive ketones (excluding diaryl/α,β-unsaturated/α-hetero) is 1. The molecule has 0 spiro atoms. The summed E-state index contributed by atoms with van der Waals surface area (Å²) >= 11 is 0. The van der Waals surface area contributed by atoms with Gasteiger partial charge in [-0.1, -0.05) is 20.4 Å². The van der Waals surface area contributed by atoms with Crippen molar-refractivity contribution in [3.63, 3.8) is 0 Å². The van der Waals surface area contributed by atoms with Crippen LogP contribution < -0.4 is 5.32 Å². The molecule has 0 saturated carbocycles. The Bertz CT molecular complexity index is 141. The minimum absolute atomic E-state index is 0.0646. The summed E-state index contributed by atoms with van der Waals surface area (Å²) in [5, 5.41) is 2.33. The number of nitrogens with one attached hydrogen (secondary N) is 1. The smallest absolute Gasteiger partial charge is 0.243 e. The van der Waals surface area contributed by atoms with E-state index in [9.17, 15) is 9.59 Å². The van der Waals surface area contributed by atoms with Gasteiger partial charge in [-0.3, -0.25) is 9.59 Å². The van der Waals surface area contributed by atoms with Crippen molar-refractivity contribution in [2.75, 3.05) is 6.54 Å². The van der Waals surface area contributed by atoms with Gasteiger partial charge in [0.15, 0.2) is 0 Å². The van der Waals surface area contributed by atoms with Gasteiger partial charge in [0.05, 0.1) is 6.54 Å². The molecule has 0 aliphatic heterocycles. The van der Waals surface area contributed by atoms with Crippen molar-refractivity contribution < 1.29 is 9.59 Å². The van der Waals surface area contributed by atoms with E-state index in [0.717, 1.165) is 6.08 Å². The summed E-state index contributed by atoms with van der Waals surface area (Å²) in [6, 6.07) is 0. The van der Waals surface area contributed by atoms with Crippen molar-refractivity contribution in [2.45, 2.75) is 20.8 Å². The molecule has 1 N–H and O–H groups in total. The van der Waals surface area contributed by atoms with Crippen molar-refractivity contribution in [3.05, 3.63) is 12.7 Å². The van der Waals surface area contributed by atoms with Crippen LogP contribution in [0.15, 0.2) is 12.7 Å². The normalized spacial score (nSPS) is 7.18. The van der Waals surface area contributed by atoms with Gasteiger partial charge in [0, 0.05) is 0 Å². The second-order valence-corrected chi connectivity index (χ2v) is 1.62. The van der Waals surface area contributed by atoms with Crippen molar-refractivity contribution >= 4 is 11.7 Å². The first-order chi connectivity index (χ1) is 5.16. The van der Waals surface area contributed by atoms with Crippen LogP contribution in [0, 0.1) is 0 Å².